The molecule has 2 fully saturated rings. The molecule has 2 aliphatic heterocycles. The highest BCUT2D eigenvalue weighted by atomic mass is 16.7. The van der Waals surface area contributed by atoms with Crippen molar-refractivity contribution in [3.05, 3.63) is 24.3 Å². The molecule has 4 atom stereocenters. The summed E-state index contributed by atoms with van der Waals surface area (Å²) in [4.78, 5) is 12.4. The van der Waals surface area contributed by atoms with Crippen molar-refractivity contribution in [2.45, 2.75) is 83.8 Å². The van der Waals surface area contributed by atoms with Crippen LogP contribution in [0.1, 0.15) is 48.0 Å². The van der Waals surface area contributed by atoms with Crippen molar-refractivity contribution in [2.24, 2.45) is 0 Å². The average molecular weight is 435 g/mol. The second-order valence-corrected chi connectivity index (χ2v) is 8.94. The largest absolute Gasteiger partial charge is 0.494 e. The Morgan fingerprint density at radius 1 is 1.16 bits per heavy atom. The second kappa shape index (κ2) is 9.46. The van der Waals surface area contributed by atoms with Crippen LogP contribution in [0.25, 0.3) is 0 Å². The summed E-state index contributed by atoms with van der Waals surface area (Å²) in [5, 5.41) is 2.73. The molecule has 2 heterocycles. The van der Waals surface area contributed by atoms with Crippen LogP contribution >= 0.6 is 0 Å². The van der Waals surface area contributed by atoms with Gasteiger partial charge in [-0.25, -0.2) is 4.79 Å². The van der Waals surface area contributed by atoms with Crippen molar-refractivity contribution in [1.29, 1.82) is 0 Å². The number of hydrogen-bond donors (Lipinski definition) is 1. The summed E-state index contributed by atoms with van der Waals surface area (Å²) in [6.45, 7) is 12.4. The zero-order valence-corrected chi connectivity index (χ0v) is 19.5. The van der Waals surface area contributed by atoms with Gasteiger partial charge < -0.3 is 28.3 Å². The van der Waals surface area contributed by atoms with E-state index in [0.29, 0.717) is 18.7 Å². The van der Waals surface area contributed by atoms with Crippen molar-refractivity contribution in [2.75, 3.05) is 19.0 Å². The maximum absolute atomic E-state index is 12.4. The molecule has 8 nitrogen and oxygen atoms in total. The average Bonchev–Trinajstić information content (AvgIpc) is 2.89. The van der Waals surface area contributed by atoms with Gasteiger partial charge in [-0.2, -0.15) is 0 Å². The van der Waals surface area contributed by atoms with Crippen LogP contribution in [-0.4, -0.2) is 62.7 Å². The van der Waals surface area contributed by atoms with Crippen molar-refractivity contribution < 1.29 is 33.1 Å². The standard InChI is InChI=1S/C22H34BNO7/c1-8-27-17-13-18(28-14(2)19(17)26-7)29-20(25)24-16-11-9-15(10-12-16)23-30-21(3,4)22(5,6)31-23/h9-12,14,17-19H,8,13H2,1-7H3,(H,24,25). The number of carbonyl (C=O) groups is 1. The number of rotatable bonds is 6. The van der Waals surface area contributed by atoms with E-state index in [2.05, 4.69) is 5.32 Å². The number of amides is 1. The van der Waals surface area contributed by atoms with Gasteiger partial charge >= 0.3 is 13.2 Å². The van der Waals surface area contributed by atoms with Crippen LogP contribution in [0.5, 0.6) is 0 Å². The highest BCUT2D eigenvalue weighted by Crippen LogP contribution is 2.36. The van der Waals surface area contributed by atoms with Gasteiger partial charge in [-0.1, -0.05) is 12.1 Å². The van der Waals surface area contributed by atoms with Crippen molar-refractivity contribution >= 4 is 24.4 Å². The van der Waals surface area contributed by atoms with E-state index in [1.165, 1.54) is 0 Å². The molecule has 0 saturated carbocycles. The molecular formula is C22H34BNO7. The first-order valence-corrected chi connectivity index (χ1v) is 10.8. The zero-order valence-electron chi connectivity index (χ0n) is 19.5. The number of anilines is 1. The van der Waals surface area contributed by atoms with E-state index in [-0.39, 0.29) is 18.3 Å². The summed E-state index contributed by atoms with van der Waals surface area (Å²) in [7, 11) is 1.17. The fourth-order valence-electron chi connectivity index (χ4n) is 3.76. The third-order valence-corrected chi connectivity index (χ3v) is 6.19. The van der Waals surface area contributed by atoms with E-state index in [1.807, 2.05) is 53.7 Å². The summed E-state index contributed by atoms with van der Waals surface area (Å²) in [6.07, 6.45) is -1.55. The van der Waals surface area contributed by atoms with Gasteiger partial charge in [-0.05, 0) is 59.1 Å². The van der Waals surface area contributed by atoms with Crippen LogP contribution in [0.15, 0.2) is 24.3 Å². The van der Waals surface area contributed by atoms with Gasteiger partial charge in [0.15, 0.2) is 0 Å². The van der Waals surface area contributed by atoms with Crippen LogP contribution in [0.4, 0.5) is 10.5 Å². The fraction of sp³-hybridized carbons (Fsp3) is 0.682. The molecule has 0 bridgehead atoms. The fourth-order valence-corrected chi connectivity index (χ4v) is 3.76. The van der Waals surface area contributed by atoms with E-state index in [4.69, 9.17) is 28.3 Å². The smallest absolute Gasteiger partial charge is 0.419 e. The Hall–Kier alpha value is -1.65. The first kappa shape index (κ1) is 24.0. The first-order chi connectivity index (χ1) is 14.6. The lowest BCUT2D eigenvalue weighted by molar-refractivity contribution is -0.238. The predicted octanol–water partition coefficient (Wildman–Crippen LogP) is 3.09. The monoisotopic (exact) mass is 435 g/mol. The predicted molar refractivity (Wildman–Crippen MR) is 117 cm³/mol. The van der Waals surface area contributed by atoms with Crippen LogP contribution < -0.4 is 10.8 Å². The second-order valence-electron chi connectivity index (χ2n) is 8.94. The third-order valence-electron chi connectivity index (χ3n) is 6.19. The Kier molecular flexibility index (Phi) is 7.33. The molecule has 3 rings (SSSR count). The maximum Gasteiger partial charge on any atom is 0.494 e. The van der Waals surface area contributed by atoms with Crippen LogP contribution in [0.3, 0.4) is 0 Å². The van der Waals surface area contributed by atoms with Crippen LogP contribution in [0.2, 0.25) is 0 Å². The third kappa shape index (κ3) is 5.41. The highest BCUT2D eigenvalue weighted by Gasteiger charge is 2.51. The summed E-state index contributed by atoms with van der Waals surface area (Å²) in [5.41, 5.74) is 0.672. The summed E-state index contributed by atoms with van der Waals surface area (Å²) < 4.78 is 34.6. The minimum atomic E-state index is -0.707. The Morgan fingerprint density at radius 3 is 2.32 bits per heavy atom. The van der Waals surface area contributed by atoms with Gasteiger partial charge in [0.2, 0.25) is 6.29 Å². The van der Waals surface area contributed by atoms with Crippen LogP contribution in [-0.2, 0) is 28.3 Å². The molecule has 0 aliphatic carbocycles. The molecule has 1 N–H and O–H groups in total. The van der Waals surface area contributed by atoms with Gasteiger partial charge in [0.25, 0.3) is 0 Å². The Labute approximate surface area is 185 Å². The topological polar surface area (TPSA) is 84.5 Å². The maximum atomic E-state index is 12.4. The number of nitrogens with one attached hydrogen (secondary N) is 1. The van der Waals surface area contributed by atoms with Gasteiger partial charge in [-0.3, -0.25) is 5.32 Å². The minimum Gasteiger partial charge on any atom is -0.419 e. The first-order valence-electron chi connectivity index (χ1n) is 10.8. The molecule has 172 valence electrons. The van der Waals surface area contributed by atoms with Crippen LogP contribution in [0, 0.1) is 0 Å². The number of carbonyl (C=O) groups excluding carboxylic acids is 1. The van der Waals surface area contributed by atoms with Crippen molar-refractivity contribution in [1.82, 2.24) is 0 Å². The molecular weight excluding hydrogens is 401 g/mol. The molecule has 2 aliphatic rings. The Bertz CT molecular complexity index is 739. The van der Waals surface area contributed by atoms with Gasteiger partial charge in [0.1, 0.15) is 6.10 Å². The molecule has 31 heavy (non-hydrogen) atoms. The van der Waals surface area contributed by atoms with Crippen molar-refractivity contribution in [3.8, 4) is 0 Å². The molecule has 2 saturated heterocycles. The number of hydrogen-bond acceptors (Lipinski definition) is 7. The molecule has 1 amide bonds. The molecule has 0 aromatic heterocycles. The lowest BCUT2D eigenvalue weighted by Crippen LogP contribution is -2.50. The quantitative estimate of drug-likeness (QED) is 0.688. The summed E-state index contributed by atoms with van der Waals surface area (Å²) >= 11 is 0. The van der Waals surface area contributed by atoms with Gasteiger partial charge in [-0.15, -0.1) is 0 Å². The number of ether oxygens (including phenoxy) is 4. The van der Waals surface area contributed by atoms with E-state index in [1.54, 1.807) is 19.2 Å². The molecule has 1 aromatic rings. The van der Waals surface area contributed by atoms with E-state index in [9.17, 15) is 4.79 Å². The lowest BCUT2D eigenvalue weighted by atomic mass is 9.79. The Balaban J connectivity index is 1.55. The minimum absolute atomic E-state index is 0.198. The molecule has 1 aromatic carbocycles. The number of methoxy groups -OCH3 is 1. The van der Waals surface area contributed by atoms with Gasteiger partial charge in [0, 0.05) is 25.8 Å². The summed E-state index contributed by atoms with van der Waals surface area (Å²) in [5.74, 6) is 0. The lowest BCUT2D eigenvalue weighted by Gasteiger charge is -2.38. The van der Waals surface area contributed by atoms with E-state index in [0.717, 1.165) is 5.46 Å². The van der Waals surface area contributed by atoms with E-state index < -0.39 is 30.7 Å². The number of benzene rings is 1. The Morgan fingerprint density at radius 2 is 1.77 bits per heavy atom. The molecule has 0 spiro atoms. The molecule has 4 unspecified atom stereocenters. The summed E-state index contributed by atoms with van der Waals surface area (Å²) in [6, 6.07) is 7.31. The highest BCUT2D eigenvalue weighted by molar-refractivity contribution is 6.62. The van der Waals surface area contributed by atoms with E-state index >= 15 is 0 Å². The normalized spacial score (nSPS) is 29.6. The van der Waals surface area contributed by atoms with Gasteiger partial charge in [0.05, 0.1) is 23.4 Å². The molecule has 0 radical (unpaired) electrons. The van der Waals surface area contributed by atoms with Crippen molar-refractivity contribution in [3.63, 3.8) is 0 Å². The SMILES string of the molecule is CCOC1CC(OC(=O)Nc2ccc(B3OC(C)(C)C(C)(C)O3)cc2)OC(C)C1OC. The molecule has 9 heteroatoms. The zero-order chi connectivity index (χ0) is 22.8.